The molecule has 4 nitrogen and oxygen atoms in total. The molecule has 2 fully saturated rings. The molecule has 23 heavy (non-hydrogen) atoms. The van der Waals surface area contributed by atoms with Crippen LogP contribution in [0.3, 0.4) is 0 Å². The largest absolute Gasteiger partial charge is 0.493 e. The van der Waals surface area contributed by atoms with E-state index in [2.05, 4.69) is 0 Å². The van der Waals surface area contributed by atoms with Gasteiger partial charge in [-0.25, -0.2) is 0 Å². The molecule has 1 aromatic carbocycles. The number of benzene rings is 1. The topological polar surface area (TPSA) is 38.8 Å². The van der Waals surface area contributed by atoms with Gasteiger partial charge in [0.05, 0.1) is 14.2 Å². The molecule has 0 N–H and O–H groups in total. The maximum absolute atomic E-state index is 12.3. The molecule has 0 bridgehead atoms. The van der Waals surface area contributed by atoms with Crippen LogP contribution in [-0.4, -0.2) is 38.1 Å². The lowest BCUT2D eigenvalue weighted by Gasteiger charge is -2.27. The average molecular weight is 313 g/mol. The smallest absolute Gasteiger partial charge is 0.246 e. The second-order valence-electron chi connectivity index (χ2n) is 5.98. The molecule has 2 aliphatic rings. The van der Waals surface area contributed by atoms with Gasteiger partial charge in [0.25, 0.3) is 0 Å². The molecule has 1 aromatic rings. The summed E-state index contributed by atoms with van der Waals surface area (Å²) in [5.41, 5.74) is 4.16. The molecular weight excluding hydrogens is 290 g/mol. The number of hydrogen-bond acceptors (Lipinski definition) is 3. The lowest BCUT2D eigenvalue weighted by atomic mass is 10.0. The number of hydrogen-bond donors (Lipinski definition) is 0. The Hall–Kier alpha value is -2.23. The molecule has 1 amide bonds. The number of piperidine rings is 1. The van der Waals surface area contributed by atoms with E-state index < -0.39 is 0 Å². The third kappa shape index (κ3) is 3.76. The Morgan fingerprint density at radius 2 is 1.65 bits per heavy atom. The SMILES string of the molecule is COc1ccc(/C=C/C(=O)N2CCC(=C3CC3)CC2)cc1OC. The molecule has 4 heteroatoms. The fraction of sp³-hybridized carbons (Fsp3) is 0.421. The van der Waals surface area contributed by atoms with E-state index in [1.165, 1.54) is 12.8 Å². The maximum atomic E-state index is 12.3. The summed E-state index contributed by atoms with van der Waals surface area (Å²) in [4.78, 5) is 14.2. The standard InChI is InChI=1S/C19H23NO3/c1-22-17-7-3-14(13-18(17)23-2)4-8-19(21)20-11-9-16(10-12-20)15-5-6-15/h3-4,7-8,13H,5-6,9-12H2,1-2H3/b8-4+. The van der Waals surface area contributed by atoms with Crippen LogP contribution in [0.2, 0.25) is 0 Å². The Balaban J connectivity index is 1.61. The number of allylic oxidation sites excluding steroid dienone is 1. The molecule has 1 heterocycles. The second-order valence-corrected chi connectivity index (χ2v) is 5.98. The number of nitrogens with zero attached hydrogens (tertiary/aromatic N) is 1. The van der Waals surface area contributed by atoms with E-state index >= 15 is 0 Å². The minimum atomic E-state index is 0.0830. The van der Waals surface area contributed by atoms with Crippen LogP contribution in [0.25, 0.3) is 6.08 Å². The highest BCUT2D eigenvalue weighted by Gasteiger charge is 2.23. The van der Waals surface area contributed by atoms with Crippen molar-refractivity contribution in [3.05, 3.63) is 41.0 Å². The predicted octanol–water partition coefficient (Wildman–Crippen LogP) is 3.43. The van der Waals surface area contributed by atoms with Crippen molar-refractivity contribution in [1.82, 2.24) is 4.90 Å². The third-order valence-electron chi connectivity index (χ3n) is 4.50. The van der Waals surface area contributed by atoms with Gasteiger partial charge in [-0.2, -0.15) is 0 Å². The first-order valence-corrected chi connectivity index (χ1v) is 8.10. The van der Waals surface area contributed by atoms with Crippen molar-refractivity contribution in [2.24, 2.45) is 0 Å². The van der Waals surface area contributed by atoms with Crippen LogP contribution in [0.15, 0.2) is 35.4 Å². The number of likely N-dealkylation sites (tertiary alicyclic amines) is 1. The van der Waals surface area contributed by atoms with Crippen LogP contribution in [0.4, 0.5) is 0 Å². The maximum Gasteiger partial charge on any atom is 0.246 e. The highest BCUT2D eigenvalue weighted by molar-refractivity contribution is 5.92. The summed E-state index contributed by atoms with van der Waals surface area (Å²) in [7, 11) is 3.22. The zero-order chi connectivity index (χ0) is 16.2. The molecule has 0 atom stereocenters. The summed E-state index contributed by atoms with van der Waals surface area (Å²) in [6, 6.07) is 5.63. The van der Waals surface area contributed by atoms with Gasteiger partial charge in [0.1, 0.15) is 0 Å². The Kier molecular flexibility index (Phi) is 4.70. The van der Waals surface area contributed by atoms with E-state index in [4.69, 9.17) is 9.47 Å². The van der Waals surface area contributed by atoms with Crippen LogP contribution in [0.5, 0.6) is 11.5 Å². The highest BCUT2D eigenvalue weighted by Crippen LogP contribution is 2.36. The van der Waals surface area contributed by atoms with E-state index in [-0.39, 0.29) is 5.91 Å². The van der Waals surface area contributed by atoms with Gasteiger partial charge in [0.2, 0.25) is 5.91 Å². The predicted molar refractivity (Wildman–Crippen MR) is 90.7 cm³/mol. The molecule has 1 saturated heterocycles. The first-order chi connectivity index (χ1) is 11.2. The normalized spacial score (nSPS) is 17.6. The first-order valence-electron chi connectivity index (χ1n) is 8.10. The Morgan fingerprint density at radius 3 is 2.26 bits per heavy atom. The van der Waals surface area contributed by atoms with Crippen LogP contribution < -0.4 is 9.47 Å². The fourth-order valence-electron chi connectivity index (χ4n) is 3.00. The number of carbonyl (C=O) groups is 1. The lowest BCUT2D eigenvalue weighted by molar-refractivity contribution is -0.126. The van der Waals surface area contributed by atoms with Crippen molar-refractivity contribution >= 4 is 12.0 Å². The van der Waals surface area contributed by atoms with Crippen molar-refractivity contribution in [1.29, 1.82) is 0 Å². The number of carbonyl (C=O) groups excluding carboxylic acids is 1. The second kappa shape index (κ2) is 6.90. The van der Waals surface area contributed by atoms with Crippen LogP contribution in [0, 0.1) is 0 Å². The molecule has 1 saturated carbocycles. The molecule has 0 aromatic heterocycles. The number of methoxy groups -OCH3 is 2. The molecule has 0 radical (unpaired) electrons. The van der Waals surface area contributed by atoms with Gasteiger partial charge >= 0.3 is 0 Å². The van der Waals surface area contributed by atoms with Gasteiger partial charge in [-0.3, -0.25) is 4.79 Å². The van der Waals surface area contributed by atoms with Crippen molar-refractivity contribution in [2.75, 3.05) is 27.3 Å². The fourth-order valence-corrected chi connectivity index (χ4v) is 3.00. The van der Waals surface area contributed by atoms with Crippen LogP contribution in [-0.2, 0) is 4.79 Å². The zero-order valence-corrected chi connectivity index (χ0v) is 13.8. The molecule has 0 unspecified atom stereocenters. The Morgan fingerprint density at radius 1 is 1.00 bits per heavy atom. The molecule has 122 valence electrons. The monoisotopic (exact) mass is 313 g/mol. The van der Waals surface area contributed by atoms with E-state index in [1.54, 1.807) is 31.4 Å². The van der Waals surface area contributed by atoms with Crippen molar-refractivity contribution in [2.45, 2.75) is 25.7 Å². The van der Waals surface area contributed by atoms with E-state index in [9.17, 15) is 4.79 Å². The van der Waals surface area contributed by atoms with Crippen molar-refractivity contribution < 1.29 is 14.3 Å². The van der Waals surface area contributed by atoms with Gasteiger partial charge in [-0.1, -0.05) is 17.2 Å². The Labute approximate surface area is 137 Å². The van der Waals surface area contributed by atoms with Gasteiger partial charge in [-0.05, 0) is 49.5 Å². The van der Waals surface area contributed by atoms with E-state index in [1.807, 2.05) is 29.2 Å². The van der Waals surface area contributed by atoms with E-state index in [0.717, 1.165) is 31.5 Å². The number of amides is 1. The molecule has 0 spiro atoms. The molecule has 1 aliphatic carbocycles. The minimum Gasteiger partial charge on any atom is -0.493 e. The minimum absolute atomic E-state index is 0.0830. The molecule has 3 rings (SSSR count). The van der Waals surface area contributed by atoms with Crippen molar-refractivity contribution in [3.8, 4) is 11.5 Å². The average Bonchev–Trinajstić information content (AvgIpc) is 3.44. The van der Waals surface area contributed by atoms with Crippen molar-refractivity contribution in [3.63, 3.8) is 0 Å². The third-order valence-corrected chi connectivity index (χ3v) is 4.50. The van der Waals surface area contributed by atoms with Crippen LogP contribution >= 0.6 is 0 Å². The molecular formula is C19H23NO3. The summed E-state index contributed by atoms with van der Waals surface area (Å²) in [5, 5.41) is 0. The van der Waals surface area contributed by atoms with Gasteiger partial charge in [0.15, 0.2) is 11.5 Å². The van der Waals surface area contributed by atoms with Gasteiger partial charge < -0.3 is 14.4 Å². The zero-order valence-electron chi connectivity index (χ0n) is 13.8. The first kappa shape index (κ1) is 15.7. The molecule has 1 aliphatic heterocycles. The summed E-state index contributed by atoms with van der Waals surface area (Å²) >= 11 is 0. The summed E-state index contributed by atoms with van der Waals surface area (Å²) in [6.45, 7) is 1.68. The number of rotatable bonds is 4. The van der Waals surface area contributed by atoms with Gasteiger partial charge in [0, 0.05) is 19.2 Å². The summed E-state index contributed by atoms with van der Waals surface area (Å²) in [6.07, 6.45) is 8.14. The van der Waals surface area contributed by atoms with Crippen LogP contribution in [0.1, 0.15) is 31.2 Å². The van der Waals surface area contributed by atoms with Gasteiger partial charge in [-0.15, -0.1) is 0 Å². The summed E-state index contributed by atoms with van der Waals surface area (Å²) in [5.74, 6) is 1.44. The number of ether oxygens (including phenoxy) is 2. The Bertz CT molecular complexity index is 645. The highest BCUT2D eigenvalue weighted by atomic mass is 16.5. The lowest BCUT2D eigenvalue weighted by Crippen LogP contribution is -2.35. The summed E-state index contributed by atoms with van der Waals surface area (Å²) < 4.78 is 10.5. The van der Waals surface area contributed by atoms with E-state index in [0.29, 0.717) is 11.5 Å². The quantitative estimate of drug-likeness (QED) is 0.631.